The zero-order chi connectivity index (χ0) is 18.6. The van der Waals surface area contributed by atoms with Crippen molar-refractivity contribution in [1.82, 2.24) is 5.43 Å². The molecule has 4 heteroatoms. The molecule has 0 unspecified atom stereocenters. The number of nitrogens with one attached hydrogen (secondary N) is 2. The third-order valence-corrected chi connectivity index (χ3v) is 4.32. The molecule has 2 rings (SSSR count). The first-order chi connectivity index (χ1) is 11.7. The van der Waals surface area contributed by atoms with Crippen LogP contribution in [-0.2, 0) is 5.41 Å². The van der Waals surface area contributed by atoms with Gasteiger partial charge >= 0.3 is 0 Å². The average Bonchev–Trinajstić information content (AvgIpc) is 2.54. The molecule has 0 atom stereocenters. The number of nitrogens with zero attached hydrogens (tertiary/aromatic N) is 1. The number of hydrogen-bond acceptors (Lipinski definition) is 2. The Morgan fingerprint density at radius 3 is 2.20 bits per heavy atom. The van der Waals surface area contributed by atoms with E-state index in [4.69, 9.17) is 12.2 Å². The van der Waals surface area contributed by atoms with Gasteiger partial charge in [-0.15, -0.1) is 0 Å². The van der Waals surface area contributed by atoms with Crippen molar-refractivity contribution >= 4 is 28.7 Å². The highest BCUT2D eigenvalue weighted by Gasteiger charge is 2.13. The Kier molecular flexibility index (Phi) is 5.96. The number of rotatable bonds is 3. The van der Waals surface area contributed by atoms with Crippen LogP contribution in [0.25, 0.3) is 0 Å². The summed E-state index contributed by atoms with van der Waals surface area (Å²) in [4.78, 5) is 0. The van der Waals surface area contributed by atoms with Crippen LogP contribution in [0.2, 0.25) is 0 Å². The molecule has 0 saturated carbocycles. The van der Waals surface area contributed by atoms with Gasteiger partial charge in [0, 0.05) is 5.69 Å². The average molecular weight is 354 g/mol. The van der Waals surface area contributed by atoms with Gasteiger partial charge in [-0.3, -0.25) is 5.43 Å². The molecular formula is C21H27N3S. The molecule has 0 aliphatic heterocycles. The molecule has 3 nitrogen and oxygen atoms in total. The summed E-state index contributed by atoms with van der Waals surface area (Å²) in [7, 11) is 0. The van der Waals surface area contributed by atoms with Gasteiger partial charge in [-0.05, 0) is 61.2 Å². The highest BCUT2D eigenvalue weighted by atomic mass is 32.1. The van der Waals surface area contributed by atoms with E-state index in [1.807, 2.05) is 13.0 Å². The summed E-state index contributed by atoms with van der Waals surface area (Å²) in [5, 5.41) is 8.06. The Hall–Kier alpha value is -2.20. The monoisotopic (exact) mass is 353 g/mol. The number of aryl methyl sites for hydroxylation is 2. The van der Waals surface area contributed by atoms with E-state index < -0.39 is 0 Å². The highest BCUT2D eigenvalue weighted by molar-refractivity contribution is 7.80. The summed E-state index contributed by atoms with van der Waals surface area (Å²) in [5.74, 6) is 0. The first-order valence-electron chi connectivity index (χ1n) is 8.46. The molecule has 0 heterocycles. The van der Waals surface area contributed by atoms with E-state index in [0.29, 0.717) is 5.11 Å². The van der Waals surface area contributed by atoms with Gasteiger partial charge in [0.15, 0.2) is 5.11 Å². The van der Waals surface area contributed by atoms with Gasteiger partial charge < -0.3 is 5.32 Å². The lowest BCUT2D eigenvalue weighted by Crippen LogP contribution is -2.25. The second kappa shape index (κ2) is 7.79. The van der Waals surface area contributed by atoms with E-state index in [-0.39, 0.29) is 5.41 Å². The molecule has 0 radical (unpaired) electrons. The number of hydrazone groups is 1. The summed E-state index contributed by atoms with van der Waals surface area (Å²) >= 11 is 5.34. The van der Waals surface area contributed by atoms with Gasteiger partial charge in [0.1, 0.15) is 0 Å². The summed E-state index contributed by atoms with van der Waals surface area (Å²) in [6.07, 6.45) is 0. The number of benzene rings is 2. The maximum absolute atomic E-state index is 5.34. The largest absolute Gasteiger partial charge is 0.331 e. The standard InChI is InChI=1S/C21H27N3S/c1-14-7-12-19(15(2)13-14)22-20(25)24-23-16(3)17-8-10-18(11-9-17)21(4,5)6/h7-13H,1-6H3,(H2,22,24,25)/b23-16-. The van der Waals surface area contributed by atoms with Crippen LogP contribution in [0.1, 0.15) is 49.9 Å². The minimum absolute atomic E-state index is 0.152. The Bertz CT molecular complexity index is 784. The lowest BCUT2D eigenvalue weighted by Gasteiger charge is -2.19. The van der Waals surface area contributed by atoms with Gasteiger partial charge in [0.05, 0.1) is 5.71 Å². The molecule has 2 aromatic rings. The second-order valence-electron chi connectivity index (χ2n) is 7.41. The molecule has 0 aromatic heterocycles. The number of anilines is 1. The van der Waals surface area contributed by atoms with Crippen molar-refractivity contribution in [3.63, 3.8) is 0 Å². The fourth-order valence-electron chi connectivity index (χ4n) is 2.51. The highest BCUT2D eigenvalue weighted by Crippen LogP contribution is 2.22. The molecule has 0 aliphatic rings. The molecule has 0 fully saturated rings. The molecule has 0 amide bonds. The van der Waals surface area contributed by atoms with E-state index in [1.165, 1.54) is 11.1 Å². The first-order valence-corrected chi connectivity index (χ1v) is 8.87. The number of hydrogen-bond donors (Lipinski definition) is 2. The Balaban J connectivity index is 2.01. The summed E-state index contributed by atoms with van der Waals surface area (Å²) in [6.45, 7) is 12.7. The van der Waals surface area contributed by atoms with Crippen molar-refractivity contribution in [3.05, 3.63) is 64.7 Å². The molecule has 0 aliphatic carbocycles. The molecule has 0 spiro atoms. The smallest absolute Gasteiger partial charge is 0.191 e. The summed E-state index contributed by atoms with van der Waals surface area (Å²) < 4.78 is 0. The predicted octanol–water partition coefficient (Wildman–Crippen LogP) is 5.31. The van der Waals surface area contributed by atoms with Crippen molar-refractivity contribution in [2.24, 2.45) is 5.10 Å². The van der Waals surface area contributed by atoms with Crippen molar-refractivity contribution in [2.75, 3.05) is 5.32 Å². The fraction of sp³-hybridized carbons (Fsp3) is 0.333. The third kappa shape index (κ3) is 5.40. The minimum atomic E-state index is 0.152. The van der Waals surface area contributed by atoms with Gasteiger partial charge in [-0.25, -0.2) is 0 Å². The molecule has 2 aromatic carbocycles. The summed E-state index contributed by atoms with van der Waals surface area (Å²) in [6, 6.07) is 14.7. The predicted molar refractivity (Wildman–Crippen MR) is 113 cm³/mol. The lowest BCUT2D eigenvalue weighted by molar-refractivity contribution is 0.590. The molecule has 0 bridgehead atoms. The van der Waals surface area contributed by atoms with Crippen molar-refractivity contribution < 1.29 is 0 Å². The third-order valence-electron chi connectivity index (χ3n) is 4.12. The van der Waals surface area contributed by atoms with Gasteiger partial charge in [0.2, 0.25) is 0 Å². The van der Waals surface area contributed by atoms with Crippen LogP contribution in [0, 0.1) is 13.8 Å². The minimum Gasteiger partial charge on any atom is -0.331 e. The van der Waals surface area contributed by atoms with Crippen LogP contribution in [0.4, 0.5) is 5.69 Å². The number of thiocarbonyl (C=S) groups is 1. The zero-order valence-corrected chi connectivity index (χ0v) is 16.7. The summed E-state index contributed by atoms with van der Waals surface area (Å²) in [5.41, 5.74) is 9.74. The first kappa shape index (κ1) is 19.1. The molecule has 2 N–H and O–H groups in total. The van der Waals surface area contributed by atoms with Crippen LogP contribution in [0.3, 0.4) is 0 Å². The van der Waals surface area contributed by atoms with Crippen molar-refractivity contribution in [2.45, 2.75) is 47.0 Å². The van der Waals surface area contributed by atoms with E-state index in [2.05, 4.69) is 86.9 Å². The van der Waals surface area contributed by atoms with Crippen LogP contribution in [0.5, 0.6) is 0 Å². The van der Waals surface area contributed by atoms with E-state index in [9.17, 15) is 0 Å². The van der Waals surface area contributed by atoms with Gasteiger partial charge in [-0.1, -0.05) is 62.7 Å². The molecule has 132 valence electrons. The van der Waals surface area contributed by atoms with Crippen LogP contribution >= 0.6 is 12.2 Å². The Morgan fingerprint density at radius 1 is 1.00 bits per heavy atom. The molecular weight excluding hydrogens is 326 g/mol. The van der Waals surface area contributed by atoms with E-state index in [0.717, 1.165) is 22.5 Å². The second-order valence-corrected chi connectivity index (χ2v) is 7.82. The molecule has 0 saturated heterocycles. The van der Waals surface area contributed by atoms with Crippen molar-refractivity contribution in [1.29, 1.82) is 0 Å². The van der Waals surface area contributed by atoms with Crippen LogP contribution in [0.15, 0.2) is 47.6 Å². The van der Waals surface area contributed by atoms with E-state index >= 15 is 0 Å². The maximum atomic E-state index is 5.34. The fourth-order valence-corrected chi connectivity index (χ4v) is 2.67. The topological polar surface area (TPSA) is 36.4 Å². The zero-order valence-electron chi connectivity index (χ0n) is 15.9. The van der Waals surface area contributed by atoms with Crippen molar-refractivity contribution in [3.8, 4) is 0 Å². The van der Waals surface area contributed by atoms with Gasteiger partial charge in [-0.2, -0.15) is 5.10 Å². The van der Waals surface area contributed by atoms with Crippen LogP contribution in [-0.4, -0.2) is 10.8 Å². The Labute approximate surface area is 156 Å². The SMILES string of the molecule is C/C(=N/NC(=S)Nc1ccc(C)cc1C)c1ccc(C(C)(C)C)cc1. The lowest BCUT2D eigenvalue weighted by atomic mass is 9.86. The van der Waals surface area contributed by atoms with E-state index in [1.54, 1.807) is 0 Å². The Morgan fingerprint density at radius 2 is 1.64 bits per heavy atom. The quantitative estimate of drug-likeness (QED) is 0.446. The van der Waals surface area contributed by atoms with Crippen LogP contribution < -0.4 is 10.7 Å². The normalized spacial score (nSPS) is 12.0. The maximum Gasteiger partial charge on any atom is 0.191 e. The molecule has 25 heavy (non-hydrogen) atoms. The van der Waals surface area contributed by atoms with Gasteiger partial charge in [0.25, 0.3) is 0 Å².